The summed E-state index contributed by atoms with van der Waals surface area (Å²) in [5.41, 5.74) is 0.589. The first-order valence-electron chi connectivity index (χ1n) is 8.85. The van der Waals surface area contributed by atoms with Gasteiger partial charge in [0.15, 0.2) is 5.16 Å². The lowest BCUT2D eigenvalue weighted by Crippen LogP contribution is -2.44. The van der Waals surface area contributed by atoms with Gasteiger partial charge >= 0.3 is 0 Å². The Morgan fingerprint density at radius 1 is 1.32 bits per heavy atom. The number of benzene rings is 1. The van der Waals surface area contributed by atoms with Crippen molar-refractivity contribution in [3.63, 3.8) is 0 Å². The number of nitrogens with zero attached hydrogens (tertiary/aromatic N) is 2. The van der Waals surface area contributed by atoms with Gasteiger partial charge in [-0.1, -0.05) is 50.6 Å². The Labute approximate surface area is 152 Å². The molecule has 0 radical (unpaired) electrons. The van der Waals surface area contributed by atoms with E-state index in [1.807, 2.05) is 18.2 Å². The molecule has 1 saturated carbocycles. The van der Waals surface area contributed by atoms with Crippen molar-refractivity contribution < 1.29 is 4.79 Å². The summed E-state index contributed by atoms with van der Waals surface area (Å²) in [6.07, 6.45) is 3.46. The number of hydrogen-bond donors (Lipinski definition) is 1. The lowest BCUT2D eigenvalue weighted by molar-refractivity contribution is -0.120. The van der Waals surface area contributed by atoms with Crippen molar-refractivity contribution in [2.75, 3.05) is 5.75 Å². The van der Waals surface area contributed by atoms with Gasteiger partial charge in [0.1, 0.15) is 0 Å². The molecule has 134 valence electrons. The molecule has 0 aliphatic heterocycles. The molecule has 3 atom stereocenters. The van der Waals surface area contributed by atoms with E-state index in [4.69, 9.17) is 0 Å². The molecule has 0 bridgehead atoms. The average molecular weight is 359 g/mol. The minimum absolute atomic E-state index is 0.0124. The minimum Gasteiger partial charge on any atom is -0.352 e. The molecule has 0 spiro atoms. The number of para-hydroxylation sites is 1. The van der Waals surface area contributed by atoms with Crippen LogP contribution < -0.4 is 10.9 Å². The highest BCUT2D eigenvalue weighted by atomic mass is 32.2. The largest absolute Gasteiger partial charge is 0.352 e. The van der Waals surface area contributed by atoms with Gasteiger partial charge in [-0.25, -0.2) is 4.98 Å². The molecular formula is C19H25N3O2S. The quantitative estimate of drug-likeness (QED) is 0.673. The normalized spacial score (nSPS) is 23.6. The monoisotopic (exact) mass is 359 g/mol. The van der Waals surface area contributed by atoms with Crippen LogP contribution in [0.25, 0.3) is 10.9 Å². The maximum atomic E-state index is 12.4. The van der Waals surface area contributed by atoms with E-state index in [1.54, 1.807) is 13.1 Å². The summed E-state index contributed by atoms with van der Waals surface area (Å²) in [4.78, 5) is 29.3. The molecule has 1 fully saturated rings. The van der Waals surface area contributed by atoms with Crippen LogP contribution in [-0.2, 0) is 11.8 Å². The third-order valence-electron chi connectivity index (χ3n) is 5.33. The molecule has 0 saturated heterocycles. The highest BCUT2D eigenvalue weighted by Gasteiger charge is 2.28. The van der Waals surface area contributed by atoms with Crippen molar-refractivity contribution in [1.82, 2.24) is 14.9 Å². The minimum atomic E-state index is -0.0803. The van der Waals surface area contributed by atoms with Crippen LogP contribution >= 0.6 is 11.8 Å². The number of carbonyl (C=O) groups is 1. The predicted molar refractivity (Wildman–Crippen MR) is 102 cm³/mol. The summed E-state index contributed by atoms with van der Waals surface area (Å²) in [6, 6.07) is 7.55. The molecule has 1 amide bonds. The second kappa shape index (κ2) is 7.60. The van der Waals surface area contributed by atoms with Crippen molar-refractivity contribution in [2.24, 2.45) is 18.9 Å². The molecule has 25 heavy (non-hydrogen) atoms. The topological polar surface area (TPSA) is 64.0 Å². The third kappa shape index (κ3) is 3.89. The van der Waals surface area contributed by atoms with E-state index in [0.717, 1.165) is 6.42 Å². The summed E-state index contributed by atoms with van der Waals surface area (Å²) >= 11 is 1.31. The standard InChI is InChI=1S/C19H25N3O2S/c1-12-7-6-10-15(13(12)2)20-17(23)11-25-19-21-16-9-5-4-8-14(16)18(24)22(19)3/h4-5,8-9,12-13,15H,6-7,10-11H2,1-3H3,(H,20,23). The number of rotatable bonds is 4. The molecule has 1 aromatic heterocycles. The molecule has 1 aromatic carbocycles. The van der Waals surface area contributed by atoms with Crippen molar-refractivity contribution in [2.45, 2.75) is 44.3 Å². The van der Waals surface area contributed by atoms with E-state index in [1.165, 1.54) is 29.2 Å². The predicted octanol–water partition coefficient (Wildman–Crippen LogP) is 2.97. The molecular weight excluding hydrogens is 334 g/mol. The summed E-state index contributed by atoms with van der Waals surface area (Å²) in [5, 5.41) is 4.34. The molecule has 1 heterocycles. The van der Waals surface area contributed by atoms with Gasteiger partial charge in [0, 0.05) is 13.1 Å². The first-order chi connectivity index (χ1) is 12.0. The molecule has 3 rings (SSSR count). The SMILES string of the molecule is CC1CCCC(NC(=O)CSc2nc3ccccc3c(=O)n2C)C1C. The second-order valence-electron chi connectivity index (χ2n) is 7.01. The lowest BCUT2D eigenvalue weighted by Gasteiger charge is -2.34. The highest BCUT2D eigenvalue weighted by molar-refractivity contribution is 7.99. The Bertz CT molecular complexity index is 833. The zero-order valence-corrected chi connectivity index (χ0v) is 15.8. The molecule has 3 unspecified atom stereocenters. The molecule has 1 aliphatic rings. The zero-order chi connectivity index (χ0) is 18.0. The lowest BCUT2D eigenvalue weighted by atomic mass is 9.78. The molecule has 2 aromatic rings. The van der Waals surface area contributed by atoms with Crippen molar-refractivity contribution >= 4 is 28.6 Å². The second-order valence-corrected chi connectivity index (χ2v) is 7.95. The van der Waals surface area contributed by atoms with Crippen LogP contribution in [0.15, 0.2) is 34.2 Å². The third-order valence-corrected chi connectivity index (χ3v) is 6.36. The Balaban J connectivity index is 1.67. The summed E-state index contributed by atoms with van der Waals surface area (Å²) in [5.74, 6) is 1.44. The molecule has 5 nitrogen and oxygen atoms in total. The first-order valence-corrected chi connectivity index (χ1v) is 9.84. The Morgan fingerprint density at radius 3 is 2.88 bits per heavy atom. The van der Waals surface area contributed by atoms with E-state index in [-0.39, 0.29) is 23.3 Å². The Kier molecular flexibility index (Phi) is 5.47. The van der Waals surface area contributed by atoms with Crippen molar-refractivity contribution in [1.29, 1.82) is 0 Å². The maximum Gasteiger partial charge on any atom is 0.261 e. The van der Waals surface area contributed by atoms with E-state index in [2.05, 4.69) is 24.1 Å². The Hall–Kier alpha value is -1.82. The van der Waals surface area contributed by atoms with Gasteiger partial charge in [-0.3, -0.25) is 14.2 Å². The fourth-order valence-corrected chi connectivity index (χ4v) is 4.27. The maximum absolute atomic E-state index is 12.4. The fraction of sp³-hybridized carbons (Fsp3) is 0.526. The van der Waals surface area contributed by atoms with Gasteiger partial charge in [-0.05, 0) is 30.4 Å². The molecule has 6 heteroatoms. The van der Waals surface area contributed by atoms with Gasteiger partial charge in [-0.15, -0.1) is 0 Å². The number of carbonyl (C=O) groups excluding carboxylic acids is 1. The van der Waals surface area contributed by atoms with Gasteiger partial charge in [0.25, 0.3) is 5.56 Å². The summed E-state index contributed by atoms with van der Waals surface area (Å²) in [7, 11) is 1.70. The van der Waals surface area contributed by atoms with E-state index < -0.39 is 0 Å². The van der Waals surface area contributed by atoms with Crippen LogP contribution in [-0.4, -0.2) is 27.3 Å². The van der Waals surface area contributed by atoms with Crippen LogP contribution in [0.4, 0.5) is 0 Å². The number of fused-ring (bicyclic) bond motifs is 1. The zero-order valence-electron chi connectivity index (χ0n) is 15.0. The van der Waals surface area contributed by atoms with E-state index in [0.29, 0.717) is 27.9 Å². The van der Waals surface area contributed by atoms with E-state index in [9.17, 15) is 9.59 Å². The smallest absolute Gasteiger partial charge is 0.261 e. The number of hydrogen-bond acceptors (Lipinski definition) is 4. The molecule has 1 aliphatic carbocycles. The van der Waals surface area contributed by atoms with Crippen LogP contribution in [0.2, 0.25) is 0 Å². The Morgan fingerprint density at radius 2 is 2.08 bits per heavy atom. The fourth-order valence-electron chi connectivity index (χ4n) is 3.49. The van der Waals surface area contributed by atoms with Crippen LogP contribution in [0, 0.1) is 11.8 Å². The first kappa shape index (κ1) is 18.0. The number of amides is 1. The van der Waals surface area contributed by atoms with Gasteiger partial charge in [0.05, 0.1) is 16.7 Å². The highest BCUT2D eigenvalue weighted by Crippen LogP contribution is 2.29. The van der Waals surface area contributed by atoms with Crippen LogP contribution in [0.5, 0.6) is 0 Å². The van der Waals surface area contributed by atoms with Gasteiger partial charge in [-0.2, -0.15) is 0 Å². The van der Waals surface area contributed by atoms with Crippen molar-refractivity contribution in [3.8, 4) is 0 Å². The molecule has 1 N–H and O–H groups in total. The average Bonchev–Trinajstić information content (AvgIpc) is 2.61. The summed E-state index contributed by atoms with van der Waals surface area (Å²) < 4.78 is 1.52. The number of aromatic nitrogens is 2. The van der Waals surface area contributed by atoms with Gasteiger partial charge < -0.3 is 5.32 Å². The van der Waals surface area contributed by atoms with Crippen LogP contribution in [0.3, 0.4) is 0 Å². The number of nitrogens with one attached hydrogen (secondary N) is 1. The van der Waals surface area contributed by atoms with Crippen LogP contribution in [0.1, 0.15) is 33.1 Å². The van der Waals surface area contributed by atoms with Gasteiger partial charge in [0.2, 0.25) is 5.91 Å². The van der Waals surface area contributed by atoms with Crippen molar-refractivity contribution in [3.05, 3.63) is 34.6 Å². The summed E-state index contributed by atoms with van der Waals surface area (Å²) in [6.45, 7) is 4.48. The van der Waals surface area contributed by atoms with E-state index >= 15 is 0 Å². The number of thioether (sulfide) groups is 1.